The van der Waals surface area contributed by atoms with Gasteiger partial charge in [0, 0.05) is 13.1 Å². The van der Waals surface area contributed by atoms with E-state index in [-0.39, 0.29) is 17.2 Å². The Bertz CT molecular complexity index is 715. The zero-order chi connectivity index (χ0) is 15.0. The van der Waals surface area contributed by atoms with Crippen LogP contribution in [-0.2, 0) is 13.0 Å². The molecule has 2 N–H and O–H groups in total. The SMILES string of the molecule is O=[N+]([O-])c1cc(O)ccc1N1CCc2cc(O)ccc2C1. The lowest BCUT2D eigenvalue weighted by molar-refractivity contribution is -0.384. The molecule has 0 fully saturated rings. The zero-order valence-electron chi connectivity index (χ0n) is 11.2. The molecule has 0 radical (unpaired) electrons. The van der Waals surface area contributed by atoms with E-state index in [4.69, 9.17) is 0 Å². The first kappa shape index (κ1) is 13.2. The number of nitro groups is 1. The summed E-state index contributed by atoms with van der Waals surface area (Å²) in [5, 5.41) is 30.1. The molecule has 0 saturated carbocycles. The van der Waals surface area contributed by atoms with Crippen molar-refractivity contribution in [2.24, 2.45) is 0 Å². The van der Waals surface area contributed by atoms with E-state index < -0.39 is 4.92 Å². The van der Waals surface area contributed by atoms with Crippen LogP contribution in [0.25, 0.3) is 0 Å². The Kier molecular flexibility index (Phi) is 3.13. The van der Waals surface area contributed by atoms with Crippen molar-refractivity contribution in [2.75, 3.05) is 11.4 Å². The Morgan fingerprint density at radius 1 is 1.05 bits per heavy atom. The second kappa shape index (κ2) is 4.97. The number of fused-ring (bicyclic) bond motifs is 1. The maximum atomic E-state index is 11.1. The fraction of sp³-hybridized carbons (Fsp3) is 0.200. The van der Waals surface area contributed by atoms with E-state index in [9.17, 15) is 20.3 Å². The number of nitrogens with zero attached hydrogens (tertiary/aromatic N) is 2. The molecule has 2 aromatic carbocycles. The molecular weight excluding hydrogens is 272 g/mol. The highest BCUT2D eigenvalue weighted by Gasteiger charge is 2.24. The number of phenolic OH excluding ortho intramolecular Hbond substituents is 2. The highest BCUT2D eigenvalue weighted by molar-refractivity contribution is 5.66. The Morgan fingerprint density at radius 3 is 2.52 bits per heavy atom. The lowest BCUT2D eigenvalue weighted by Crippen LogP contribution is -2.30. The molecule has 1 aliphatic heterocycles. The molecule has 0 unspecified atom stereocenters. The minimum atomic E-state index is -0.485. The van der Waals surface area contributed by atoms with E-state index in [1.165, 1.54) is 12.1 Å². The molecule has 0 atom stereocenters. The Morgan fingerprint density at radius 2 is 1.76 bits per heavy atom. The minimum Gasteiger partial charge on any atom is -0.508 e. The number of phenols is 2. The highest BCUT2D eigenvalue weighted by atomic mass is 16.6. The quantitative estimate of drug-likeness (QED) is 0.654. The number of aromatic hydroxyl groups is 2. The monoisotopic (exact) mass is 286 g/mol. The first-order chi connectivity index (χ1) is 10.0. The number of anilines is 1. The first-order valence-electron chi connectivity index (χ1n) is 6.58. The van der Waals surface area contributed by atoms with Crippen LogP contribution < -0.4 is 4.90 Å². The molecule has 0 aromatic heterocycles. The molecule has 2 aromatic rings. The molecule has 1 aliphatic rings. The van der Waals surface area contributed by atoms with Crippen molar-refractivity contribution in [2.45, 2.75) is 13.0 Å². The Hall–Kier alpha value is -2.76. The largest absolute Gasteiger partial charge is 0.508 e. The van der Waals surface area contributed by atoms with Crippen molar-refractivity contribution in [3.63, 3.8) is 0 Å². The van der Waals surface area contributed by atoms with Gasteiger partial charge in [0.05, 0.1) is 11.0 Å². The topological polar surface area (TPSA) is 86.8 Å². The molecule has 0 spiro atoms. The van der Waals surface area contributed by atoms with Crippen LogP contribution in [0.1, 0.15) is 11.1 Å². The first-order valence-corrected chi connectivity index (χ1v) is 6.58. The fourth-order valence-corrected chi connectivity index (χ4v) is 2.67. The number of rotatable bonds is 2. The predicted octanol–water partition coefficient (Wildman–Crippen LogP) is 2.57. The lowest BCUT2D eigenvalue weighted by Gasteiger charge is -2.30. The third kappa shape index (κ3) is 2.47. The van der Waals surface area contributed by atoms with Crippen LogP contribution in [-0.4, -0.2) is 21.7 Å². The van der Waals surface area contributed by atoms with Gasteiger partial charge in [-0.15, -0.1) is 0 Å². The maximum Gasteiger partial charge on any atom is 0.296 e. The molecule has 108 valence electrons. The van der Waals surface area contributed by atoms with Crippen LogP contribution in [0.2, 0.25) is 0 Å². The molecule has 6 heteroatoms. The van der Waals surface area contributed by atoms with Gasteiger partial charge in [-0.3, -0.25) is 10.1 Å². The summed E-state index contributed by atoms with van der Waals surface area (Å²) in [6.07, 6.45) is 0.710. The number of benzene rings is 2. The average molecular weight is 286 g/mol. The van der Waals surface area contributed by atoms with Gasteiger partial charge in [-0.05, 0) is 41.8 Å². The average Bonchev–Trinajstić information content (AvgIpc) is 2.46. The molecule has 0 amide bonds. The van der Waals surface area contributed by atoms with E-state index in [2.05, 4.69) is 0 Å². The highest BCUT2D eigenvalue weighted by Crippen LogP contribution is 2.35. The summed E-state index contributed by atoms with van der Waals surface area (Å²) in [6, 6.07) is 9.38. The third-order valence-electron chi connectivity index (χ3n) is 3.70. The molecule has 3 rings (SSSR count). The van der Waals surface area contributed by atoms with Crippen LogP contribution in [0, 0.1) is 10.1 Å². The van der Waals surface area contributed by atoms with Crippen molar-refractivity contribution in [3.8, 4) is 11.5 Å². The maximum absolute atomic E-state index is 11.1. The van der Waals surface area contributed by atoms with Crippen molar-refractivity contribution in [3.05, 3.63) is 57.6 Å². The molecule has 1 heterocycles. The van der Waals surface area contributed by atoms with Gasteiger partial charge in [0.2, 0.25) is 0 Å². The number of hydrogen-bond acceptors (Lipinski definition) is 5. The Labute approximate surface area is 121 Å². The van der Waals surface area contributed by atoms with Crippen LogP contribution >= 0.6 is 0 Å². The normalized spacial score (nSPS) is 13.8. The summed E-state index contributed by atoms with van der Waals surface area (Å²) in [5.74, 6) is 0.116. The standard InChI is InChI=1S/C15H14N2O4/c18-12-2-1-11-9-16(6-5-10(11)7-12)14-4-3-13(19)8-15(14)17(20)21/h1-4,7-8,18-19H,5-6,9H2. The molecule has 0 aliphatic carbocycles. The van der Waals surface area contributed by atoms with Gasteiger partial charge in [0.15, 0.2) is 0 Å². The second-order valence-corrected chi connectivity index (χ2v) is 5.05. The molecule has 21 heavy (non-hydrogen) atoms. The summed E-state index contributed by atoms with van der Waals surface area (Å²) in [6.45, 7) is 1.17. The van der Waals surface area contributed by atoms with Crippen LogP contribution in [0.4, 0.5) is 11.4 Å². The zero-order valence-corrected chi connectivity index (χ0v) is 11.2. The predicted molar refractivity (Wildman–Crippen MR) is 77.6 cm³/mol. The summed E-state index contributed by atoms with van der Waals surface area (Å²) < 4.78 is 0. The van der Waals surface area contributed by atoms with E-state index >= 15 is 0 Å². The van der Waals surface area contributed by atoms with Gasteiger partial charge in [-0.1, -0.05) is 6.07 Å². The summed E-state index contributed by atoms with van der Waals surface area (Å²) in [7, 11) is 0. The van der Waals surface area contributed by atoms with Crippen molar-refractivity contribution in [1.82, 2.24) is 0 Å². The fourth-order valence-electron chi connectivity index (χ4n) is 2.67. The van der Waals surface area contributed by atoms with Crippen molar-refractivity contribution in [1.29, 1.82) is 0 Å². The molecule has 0 saturated heterocycles. The van der Waals surface area contributed by atoms with Crippen LogP contribution in [0.15, 0.2) is 36.4 Å². The van der Waals surface area contributed by atoms with Crippen molar-refractivity contribution < 1.29 is 15.1 Å². The summed E-state index contributed by atoms with van der Waals surface area (Å²) in [5.41, 5.74) is 2.50. The van der Waals surface area contributed by atoms with Crippen LogP contribution in [0.3, 0.4) is 0 Å². The third-order valence-corrected chi connectivity index (χ3v) is 3.70. The van der Waals surface area contributed by atoms with Gasteiger partial charge < -0.3 is 15.1 Å². The van der Waals surface area contributed by atoms with Gasteiger partial charge in [0.1, 0.15) is 17.2 Å². The molecule has 0 bridgehead atoms. The second-order valence-electron chi connectivity index (χ2n) is 5.05. The molecule has 6 nitrogen and oxygen atoms in total. The number of nitro benzene ring substituents is 1. The minimum absolute atomic E-state index is 0.0998. The van der Waals surface area contributed by atoms with Crippen molar-refractivity contribution >= 4 is 11.4 Å². The van der Waals surface area contributed by atoms with Gasteiger partial charge in [-0.25, -0.2) is 0 Å². The molecular formula is C15H14N2O4. The van der Waals surface area contributed by atoms with E-state index in [0.29, 0.717) is 25.2 Å². The van der Waals surface area contributed by atoms with E-state index in [1.54, 1.807) is 18.2 Å². The van der Waals surface area contributed by atoms with Gasteiger partial charge in [-0.2, -0.15) is 0 Å². The smallest absolute Gasteiger partial charge is 0.296 e. The van der Waals surface area contributed by atoms with Crippen LogP contribution in [0.5, 0.6) is 11.5 Å². The van der Waals surface area contributed by atoms with E-state index in [1.807, 2.05) is 11.0 Å². The van der Waals surface area contributed by atoms with Gasteiger partial charge in [0.25, 0.3) is 5.69 Å². The lowest BCUT2D eigenvalue weighted by atomic mass is 9.99. The summed E-state index contributed by atoms with van der Waals surface area (Å²) >= 11 is 0. The summed E-state index contributed by atoms with van der Waals surface area (Å²) in [4.78, 5) is 12.6. The van der Waals surface area contributed by atoms with Gasteiger partial charge >= 0.3 is 0 Å². The number of hydrogen-bond donors (Lipinski definition) is 2. The Balaban J connectivity index is 1.96. The van der Waals surface area contributed by atoms with E-state index in [0.717, 1.165) is 11.1 Å².